The van der Waals surface area contributed by atoms with Gasteiger partial charge in [-0.25, -0.2) is 0 Å². The zero-order valence-corrected chi connectivity index (χ0v) is 15.3. The first-order valence-electron chi connectivity index (χ1n) is 8.33. The standard InChI is InChI=1S/C19H32OS/c1-6-7-8-9-10-11-12-21-17-14-15(2)13-16(18(17)20)19(3,4)5/h13-14,20H,6-12H2,1-5H3. The Balaban J connectivity index is 2.54. The van der Waals surface area contributed by atoms with Crippen molar-refractivity contribution in [1.82, 2.24) is 0 Å². The van der Waals surface area contributed by atoms with Gasteiger partial charge in [-0.1, -0.05) is 65.9 Å². The van der Waals surface area contributed by atoms with Crippen LogP contribution in [0.25, 0.3) is 0 Å². The second kappa shape index (κ2) is 8.73. The van der Waals surface area contributed by atoms with E-state index in [1.807, 2.05) is 0 Å². The van der Waals surface area contributed by atoms with Crippen molar-refractivity contribution in [3.63, 3.8) is 0 Å². The van der Waals surface area contributed by atoms with E-state index in [0.29, 0.717) is 5.75 Å². The van der Waals surface area contributed by atoms with E-state index >= 15 is 0 Å². The van der Waals surface area contributed by atoms with Crippen LogP contribution < -0.4 is 0 Å². The first-order valence-corrected chi connectivity index (χ1v) is 9.31. The van der Waals surface area contributed by atoms with Crippen molar-refractivity contribution in [1.29, 1.82) is 0 Å². The second-order valence-corrected chi connectivity index (χ2v) is 8.16. The van der Waals surface area contributed by atoms with Crippen LogP contribution in [0.15, 0.2) is 17.0 Å². The monoisotopic (exact) mass is 308 g/mol. The van der Waals surface area contributed by atoms with Crippen LogP contribution in [0.5, 0.6) is 5.75 Å². The Hall–Kier alpha value is -0.630. The molecular weight excluding hydrogens is 276 g/mol. The fourth-order valence-corrected chi connectivity index (χ4v) is 3.58. The minimum absolute atomic E-state index is 0.00837. The maximum Gasteiger partial charge on any atom is 0.132 e. The van der Waals surface area contributed by atoms with Crippen LogP contribution in [0.3, 0.4) is 0 Å². The number of benzene rings is 1. The fraction of sp³-hybridized carbons (Fsp3) is 0.684. The lowest BCUT2D eigenvalue weighted by molar-refractivity contribution is 0.434. The number of hydrogen-bond acceptors (Lipinski definition) is 2. The quantitative estimate of drug-likeness (QED) is 0.440. The molecule has 0 radical (unpaired) electrons. The summed E-state index contributed by atoms with van der Waals surface area (Å²) in [5.74, 6) is 1.59. The lowest BCUT2D eigenvalue weighted by Gasteiger charge is -2.22. The molecule has 0 aliphatic rings. The highest BCUT2D eigenvalue weighted by molar-refractivity contribution is 7.99. The van der Waals surface area contributed by atoms with E-state index in [9.17, 15) is 5.11 Å². The molecule has 1 rings (SSSR count). The van der Waals surface area contributed by atoms with Crippen LogP contribution in [0.1, 0.15) is 77.3 Å². The third-order valence-corrected chi connectivity index (χ3v) is 4.90. The molecule has 1 N–H and O–H groups in total. The number of aromatic hydroxyl groups is 1. The van der Waals surface area contributed by atoms with Crippen molar-refractivity contribution in [2.45, 2.75) is 83.5 Å². The van der Waals surface area contributed by atoms with E-state index in [-0.39, 0.29) is 5.41 Å². The molecule has 0 atom stereocenters. The third kappa shape index (κ3) is 6.34. The van der Waals surface area contributed by atoms with Crippen LogP contribution >= 0.6 is 11.8 Å². The van der Waals surface area contributed by atoms with Gasteiger partial charge in [0.25, 0.3) is 0 Å². The predicted molar refractivity (Wildman–Crippen MR) is 95.6 cm³/mol. The maximum absolute atomic E-state index is 10.5. The summed E-state index contributed by atoms with van der Waals surface area (Å²) in [7, 11) is 0. The van der Waals surface area contributed by atoms with E-state index in [2.05, 4.69) is 46.8 Å². The first-order chi connectivity index (χ1) is 9.86. The van der Waals surface area contributed by atoms with Crippen molar-refractivity contribution in [2.75, 3.05) is 5.75 Å². The van der Waals surface area contributed by atoms with E-state index in [0.717, 1.165) is 16.2 Å². The molecule has 0 aliphatic heterocycles. The molecule has 0 aliphatic carbocycles. The number of phenolic OH excluding ortho intramolecular Hbond substituents is 1. The molecule has 0 aromatic heterocycles. The van der Waals surface area contributed by atoms with Gasteiger partial charge in [-0.3, -0.25) is 0 Å². The van der Waals surface area contributed by atoms with Gasteiger partial charge in [0, 0.05) is 10.5 Å². The Morgan fingerprint density at radius 3 is 2.24 bits per heavy atom. The predicted octanol–water partition coefficient (Wildman–Crippen LogP) is 6.45. The molecule has 0 saturated heterocycles. The van der Waals surface area contributed by atoms with Gasteiger partial charge >= 0.3 is 0 Å². The van der Waals surface area contributed by atoms with Gasteiger partial charge in [0.1, 0.15) is 5.75 Å². The third-order valence-electron chi connectivity index (χ3n) is 3.78. The fourth-order valence-electron chi connectivity index (χ4n) is 2.49. The molecule has 1 aromatic rings. The summed E-state index contributed by atoms with van der Waals surface area (Å²) in [5.41, 5.74) is 2.29. The molecule has 1 aromatic carbocycles. The van der Waals surface area contributed by atoms with Crippen molar-refractivity contribution in [2.24, 2.45) is 0 Å². The summed E-state index contributed by atoms with van der Waals surface area (Å²) >= 11 is 1.81. The van der Waals surface area contributed by atoms with E-state index < -0.39 is 0 Å². The zero-order chi connectivity index (χ0) is 15.9. The van der Waals surface area contributed by atoms with Crippen LogP contribution in [-0.2, 0) is 5.41 Å². The van der Waals surface area contributed by atoms with Crippen LogP contribution in [0.2, 0.25) is 0 Å². The molecule has 2 heteroatoms. The van der Waals surface area contributed by atoms with Crippen molar-refractivity contribution >= 4 is 11.8 Å². The highest BCUT2D eigenvalue weighted by atomic mass is 32.2. The van der Waals surface area contributed by atoms with Gasteiger partial charge in [0.05, 0.1) is 0 Å². The summed E-state index contributed by atoms with van der Waals surface area (Å²) in [4.78, 5) is 1.05. The average molecular weight is 309 g/mol. The normalized spacial score (nSPS) is 11.9. The highest BCUT2D eigenvalue weighted by Gasteiger charge is 2.20. The molecule has 1 nitrogen and oxygen atoms in total. The van der Waals surface area contributed by atoms with E-state index in [4.69, 9.17) is 0 Å². The molecule has 0 bridgehead atoms. The lowest BCUT2D eigenvalue weighted by Crippen LogP contribution is -2.12. The van der Waals surface area contributed by atoms with Crippen LogP contribution in [0, 0.1) is 6.92 Å². The van der Waals surface area contributed by atoms with Gasteiger partial charge in [-0.05, 0) is 36.1 Å². The van der Waals surface area contributed by atoms with Gasteiger partial charge in [-0.15, -0.1) is 11.8 Å². The number of rotatable bonds is 8. The van der Waals surface area contributed by atoms with Crippen molar-refractivity contribution < 1.29 is 5.11 Å². The summed E-state index contributed by atoms with van der Waals surface area (Å²) < 4.78 is 0. The molecule has 0 fully saturated rings. The second-order valence-electron chi connectivity index (χ2n) is 7.03. The van der Waals surface area contributed by atoms with Crippen LogP contribution in [-0.4, -0.2) is 10.9 Å². The zero-order valence-electron chi connectivity index (χ0n) is 14.5. The summed E-state index contributed by atoms with van der Waals surface area (Å²) in [6.45, 7) is 10.8. The van der Waals surface area contributed by atoms with E-state index in [1.54, 1.807) is 11.8 Å². The lowest BCUT2D eigenvalue weighted by atomic mass is 9.85. The van der Waals surface area contributed by atoms with Gasteiger partial charge in [-0.2, -0.15) is 0 Å². The number of phenols is 1. The minimum atomic E-state index is -0.00837. The molecule has 0 amide bonds. The summed E-state index contributed by atoms with van der Waals surface area (Å²) in [6.07, 6.45) is 7.94. The van der Waals surface area contributed by atoms with Gasteiger partial charge < -0.3 is 5.11 Å². The number of thioether (sulfide) groups is 1. The number of aryl methyl sites for hydroxylation is 1. The minimum Gasteiger partial charge on any atom is -0.506 e. The topological polar surface area (TPSA) is 20.2 Å². The Labute approximate surface area is 135 Å². The average Bonchev–Trinajstić information content (AvgIpc) is 2.39. The SMILES string of the molecule is CCCCCCCCSc1cc(C)cc(C(C)(C)C)c1O. The van der Waals surface area contributed by atoms with Gasteiger partial charge in [0.2, 0.25) is 0 Å². The van der Waals surface area contributed by atoms with Crippen molar-refractivity contribution in [3.05, 3.63) is 23.3 Å². The molecule has 0 heterocycles. The summed E-state index contributed by atoms with van der Waals surface area (Å²) in [5, 5.41) is 10.5. The molecule has 0 saturated carbocycles. The molecule has 0 unspecified atom stereocenters. The highest BCUT2D eigenvalue weighted by Crippen LogP contribution is 2.39. The Kier molecular flexibility index (Phi) is 7.65. The first kappa shape index (κ1) is 18.4. The van der Waals surface area contributed by atoms with Gasteiger partial charge in [0.15, 0.2) is 0 Å². The summed E-state index contributed by atoms with van der Waals surface area (Å²) in [6, 6.07) is 4.23. The molecule has 120 valence electrons. The largest absolute Gasteiger partial charge is 0.506 e. The van der Waals surface area contributed by atoms with Crippen molar-refractivity contribution in [3.8, 4) is 5.75 Å². The molecule has 21 heavy (non-hydrogen) atoms. The Morgan fingerprint density at radius 2 is 1.62 bits per heavy atom. The molecule has 0 spiro atoms. The Morgan fingerprint density at radius 1 is 1.00 bits per heavy atom. The molecular formula is C19H32OS. The number of unbranched alkanes of at least 4 members (excludes halogenated alkanes) is 5. The van der Waals surface area contributed by atoms with E-state index in [1.165, 1.54) is 44.1 Å². The van der Waals surface area contributed by atoms with Crippen LogP contribution in [0.4, 0.5) is 0 Å². The number of hydrogen-bond donors (Lipinski definition) is 1. The Bertz CT molecular complexity index is 432. The maximum atomic E-state index is 10.5. The smallest absolute Gasteiger partial charge is 0.132 e.